The molecule has 0 spiro atoms. The summed E-state index contributed by atoms with van der Waals surface area (Å²) in [6.45, 7) is 4.89. The Morgan fingerprint density at radius 3 is 2.79 bits per heavy atom. The van der Waals surface area contributed by atoms with Crippen molar-refractivity contribution in [3.63, 3.8) is 0 Å². The number of hydrogen-bond acceptors (Lipinski definition) is 5. The Bertz CT molecular complexity index is 1210. The summed E-state index contributed by atoms with van der Waals surface area (Å²) in [5.74, 6) is 1.02. The van der Waals surface area contributed by atoms with Crippen LogP contribution in [0.3, 0.4) is 0 Å². The second kappa shape index (κ2) is 7.22. The Morgan fingerprint density at radius 2 is 2.00 bits per heavy atom. The van der Waals surface area contributed by atoms with Crippen LogP contribution in [0.15, 0.2) is 52.1 Å². The number of carbonyl (C=O) groups is 1. The van der Waals surface area contributed by atoms with Crippen LogP contribution >= 0.6 is 11.8 Å². The van der Waals surface area contributed by atoms with E-state index in [1.165, 1.54) is 28.2 Å². The third kappa shape index (κ3) is 3.40. The largest absolute Gasteiger partial charge is 0.416 e. The van der Waals surface area contributed by atoms with Crippen LogP contribution in [0.5, 0.6) is 0 Å². The number of nitrogens with one attached hydrogen (secondary N) is 1. The highest BCUT2D eigenvalue weighted by Gasteiger charge is 2.30. The molecule has 1 aliphatic carbocycles. The topological polar surface area (TPSA) is 73.0 Å². The molecule has 0 unspecified atom stereocenters. The SMILES string of the molecule is CCn1c2ccccc2c2cc(NC(=O)[C@@H](C)Sc3nnc(C4CC4)o3)ccc21. The van der Waals surface area contributed by atoms with Crippen LogP contribution < -0.4 is 5.32 Å². The van der Waals surface area contributed by atoms with Crippen LogP contribution in [0.4, 0.5) is 5.69 Å². The molecular formula is C22H22N4O2S. The number of thioether (sulfide) groups is 1. The molecule has 7 heteroatoms. The molecule has 1 amide bonds. The molecule has 1 saturated carbocycles. The average Bonchev–Trinajstić information content (AvgIpc) is 3.40. The summed E-state index contributed by atoms with van der Waals surface area (Å²) < 4.78 is 7.95. The van der Waals surface area contributed by atoms with Crippen molar-refractivity contribution >= 4 is 45.2 Å². The third-order valence-electron chi connectivity index (χ3n) is 5.35. The first-order valence-electron chi connectivity index (χ1n) is 9.96. The normalized spacial score (nSPS) is 15.1. The molecule has 0 radical (unpaired) electrons. The van der Waals surface area contributed by atoms with Crippen molar-refractivity contribution in [3.05, 3.63) is 48.4 Å². The molecule has 5 rings (SSSR count). The Balaban J connectivity index is 1.36. The molecule has 4 aromatic rings. The molecule has 1 fully saturated rings. The standard InChI is InChI=1S/C22H22N4O2S/c1-3-26-18-7-5-4-6-16(18)17-12-15(10-11-19(17)26)23-20(27)13(2)29-22-25-24-21(28-22)14-8-9-14/h4-7,10-14H,3,8-9H2,1-2H3,(H,23,27)/t13-/m1/s1. The highest BCUT2D eigenvalue weighted by molar-refractivity contribution is 8.00. The van der Waals surface area contributed by atoms with Crippen molar-refractivity contribution in [2.24, 2.45) is 0 Å². The third-order valence-corrected chi connectivity index (χ3v) is 6.29. The van der Waals surface area contributed by atoms with Gasteiger partial charge in [-0.2, -0.15) is 0 Å². The van der Waals surface area contributed by atoms with Crippen molar-refractivity contribution in [2.45, 2.75) is 49.6 Å². The van der Waals surface area contributed by atoms with Gasteiger partial charge in [-0.15, -0.1) is 10.2 Å². The molecule has 1 N–H and O–H groups in total. The maximum Gasteiger partial charge on any atom is 0.277 e. The van der Waals surface area contributed by atoms with Gasteiger partial charge in [0.15, 0.2) is 0 Å². The number of anilines is 1. The molecule has 0 saturated heterocycles. The van der Waals surface area contributed by atoms with Gasteiger partial charge >= 0.3 is 0 Å². The molecule has 1 atom stereocenters. The summed E-state index contributed by atoms with van der Waals surface area (Å²) in [6, 6.07) is 14.5. The highest BCUT2D eigenvalue weighted by atomic mass is 32.2. The number of fused-ring (bicyclic) bond motifs is 3. The fourth-order valence-electron chi connectivity index (χ4n) is 3.68. The maximum atomic E-state index is 12.7. The van der Waals surface area contributed by atoms with E-state index in [0.29, 0.717) is 17.0 Å². The second-order valence-electron chi connectivity index (χ2n) is 7.42. The summed E-state index contributed by atoms with van der Waals surface area (Å²) >= 11 is 1.29. The average molecular weight is 407 g/mol. The van der Waals surface area contributed by atoms with Crippen molar-refractivity contribution in [1.29, 1.82) is 0 Å². The zero-order chi connectivity index (χ0) is 20.0. The van der Waals surface area contributed by atoms with E-state index in [9.17, 15) is 4.79 Å². The van der Waals surface area contributed by atoms with Crippen LogP contribution in [-0.4, -0.2) is 25.9 Å². The molecule has 6 nitrogen and oxygen atoms in total. The van der Waals surface area contributed by atoms with Gasteiger partial charge in [0.1, 0.15) is 0 Å². The molecule has 148 valence electrons. The molecule has 29 heavy (non-hydrogen) atoms. The van der Waals surface area contributed by atoms with E-state index >= 15 is 0 Å². The van der Waals surface area contributed by atoms with E-state index in [4.69, 9.17) is 4.42 Å². The molecule has 0 bridgehead atoms. The first-order valence-corrected chi connectivity index (χ1v) is 10.8. The van der Waals surface area contributed by atoms with Crippen molar-refractivity contribution < 1.29 is 9.21 Å². The lowest BCUT2D eigenvalue weighted by atomic mass is 10.1. The summed E-state index contributed by atoms with van der Waals surface area (Å²) in [5, 5.41) is 13.6. The van der Waals surface area contributed by atoms with E-state index < -0.39 is 0 Å². The molecular weight excluding hydrogens is 384 g/mol. The summed E-state index contributed by atoms with van der Waals surface area (Å²) in [4.78, 5) is 12.7. The molecule has 2 aromatic carbocycles. The van der Waals surface area contributed by atoms with Gasteiger partial charge in [-0.3, -0.25) is 4.79 Å². The monoisotopic (exact) mass is 406 g/mol. The zero-order valence-corrected chi connectivity index (χ0v) is 17.2. The smallest absolute Gasteiger partial charge is 0.277 e. The summed E-state index contributed by atoms with van der Waals surface area (Å²) in [6.07, 6.45) is 2.22. The van der Waals surface area contributed by atoms with Crippen molar-refractivity contribution in [3.8, 4) is 0 Å². The molecule has 1 aliphatic rings. The lowest BCUT2D eigenvalue weighted by molar-refractivity contribution is -0.115. The van der Waals surface area contributed by atoms with Gasteiger partial charge in [0.2, 0.25) is 11.8 Å². The van der Waals surface area contributed by atoms with E-state index in [1.54, 1.807) is 0 Å². The predicted octanol–water partition coefficient (Wildman–Crippen LogP) is 5.19. The first kappa shape index (κ1) is 18.2. The van der Waals surface area contributed by atoms with Crippen LogP contribution in [0.25, 0.3) is 21.8 Å². The van der Waals surface area contributed by atoms with E-state index in [1.807, 2.05) is 19.1 Å². The Labute approximate surface area is 172 Å². The van der Waals surface area contributed by atoms with Gasteiger partial charge in [0, 0.05) is 40.0 Å². The number of hydrogen-bond donors (Lipinski definition) is 1. The Morgan fingerprint density at radius 1 is 1.21 bits per heavy atom. The van der Waals surface area contributed by atoms with Crippen LogP contribution in [0.1, 0.15) is 38.5 Å². The minimum absolute atomic E-state index is 0.0836. The Hall–Kier alpha value is -2.80. The minimum Gasteiger partial charge on any atom is -0.416 e. The van der Waals surface area contributed by atoms with E-state index in [2.05, 4.69) is 57.3 Å². The minimum atomic E-state index is -0.338. The van der Waals surface area contributed by atoms with Gasteiger partial charge in [0.05, 0.1) is 5.25 Å². The fraction of sp³-hybridized carbons (Fsp3) is 0.318. The molecule has 2 heterocycles. The zero-order valence-electron chi connectivity index (χ0n) is 16.4. The number of aryl methyl sites for hydroxylation is 1. The number of aromatic nitrogens is 3. The first-order chi connectivity index (χ1) is 14.1. The highest BCUT2D eigenvalue weighted by Crippen LogP contribution is 2.40. The second-order valence-corrected chi connectivity index (χ2v) is 8.72. The molecule has 2 aromatic heterocycles. The molecule has 0 aliphatic heterocycles. The quantitative estimate of drug-likeness (QED) is 0.446. The summed E-state index contributed by atoms with van der Waals surface area (Å²) in [7, 11) is 0. The summed E-state index contributed by atoms with van der Waals surface area (Å²) in [5.41, 5.74) is 3.17. The van der Waals surface area contributed by atoms with Crippen LogP contribution in [-0.2, 0) is 11.3 Å². The fourth-order valence-corrected chi connectivity index (χ4v) is 4.37. The number of para-hydroxylation sites is 1. The van der Waals surface area contributed by atoms with E-state index in [0.717, 1.165) is 30.5 Å². The van der Waals surface area contributed by atoms with Gasteiger partial charge in [-0.05, 0) is 51.0 Å². The van der Waals surface area contributed by atoms with Crippen molar-refractivity contribution in [1.82, 2.24) is 14.8 Å². The number of benzene rings is 2. The number of rotatable bonds is 6. The Kier molecular flexibility index (Phi) is 4.54. The van der Waals surface area contributed by atoms with Gasteiger partial charge < -0.3 is 14.3 Å². The maximum absolute atomic E-state index is 12.7. The van der Waals surface area contributed by atoms with E-state index in [-0.39, 0.29) is 11.2 Å². The van der Waals surface area contributed by atoms with Gasteiger partial charge in [0.25, 0.3) is 5.22 Å². The van der Waals surface area contributed by atoms with Crippen molar-refractivity contribution in [2.75, 3.05) is 5.32 Å². The number of amides is 1. The lowest BCUT2D eigenvalue weighted by Crippen LogP contribution is -2.22. The predicted molar refractivity (Wildman–Crippen MR) is 115 cm³/mol. The van der Waals surface area contributed by atoms with Crippen LogP contribution in [0.2, 0.25) is 0 Å². The van der Waals surface area contributed by atoms with Gasteiger partial charge in [-0.25, -0.2) is 0 Å². The lowest BCUT2D eigenvalue weighted by Gasteiger charge is -2.10. The van der Waals surface area contributed by atoms with Crippen LogP contribution in [0, 0.1) is 0 Å². The van der Waals surface area contributed by atoms with Gasteiger partial charge in [-0.1, -0.05) is 30.0 Å². The number of nitrogens with zero attached hydrogens (tertiary/aromatic N) is 3. The number of carbonyl (C=O) groups excluding carboxylic acids is 1.